The predicted octanol–water partition coefficient (Wildman–Crippen LogP) is 9.91. The third kappa shape index (κ3) is 3.75. The Hall–Kier alpha value is -3.58. The summed E-state index contributed by atoms with van der Waals surface area (Å²) >= 11 is 0. The van der Waals surface area contributed by atoms with E-state index in [1.165, 1.54) is 55.0 Å². The number of benzene rings is 3. The molecule has 0 spiro atoms. The van der Waals surface area contributed by atoms with Gasteiger partial charge in [0.05, 0.1) is 12.1 Å². The van der Waals surface area contributed by atoms with Crippen LogP contribution in [0.25, 0.3) is 10.8 Å². The second-order valence-corrected chi connectivity index (χ2v) is 13.7. The van der Waals surface area contributed by atoms with Gasteiger partial charge in [0.15, 0.2) is 0 Å². The van der Waals surface area contributed by atoms with Crippen LogP contribution in [0.15, 0.2) is 127 Å². The van der Waals surface area contributed by atoms with Crippen molar-refractivity contribution < 1.29 is 0 Å². The summed E-state index contributed by atoms with van der Waals surface area (Å²) in [5.74, 6) is 4.28. The summed E-state index contributed by atoms with van der Waals surface area (Å²) in [4.78, 5) is 2.84. The number of para-hydroxylation sites is 1. The van der Waals surface area contributed by atoms with Crippen molar-refractivity contribution >= 4 is 16.5 Å². The largest absolute Gasteiger partial charge is 0.357 e. The molecule has 9 atom stereocenters. The molecule has 0 radical (unpaired) electrons. The van der Waals surface area contributed by atoms with E-state index >= 15 is 0 Å². The van der Waals surface area contributed by atoms with Crippen LogP contribution >= 0.6 is 0 Å². The van der Waals surface area contributed by atoms with E-state index in [1.54, 1.807) is 16.7 Å². The third-order valence-corrected chi connectivity index (χ3v) is 11.9. The maximum atomic E-state index is 2.84. The Morgan fingerprint density at radius 1 is 0.667 bits per heavy atom. The van der Waals surface area contributed by atoms with Crippen LogP contribution < -0.4 is 4.90 Å². The van der Waals surface area contributed by atoms with Crippen LogP contribution in [0.5, 0.6) is 0 Å². The van der Waals surface area contributed by atoms with Gasteiger partial charge in [-0.1, -0.05) is 121 Å². The summed E-state index contributed by atoms with van der Waals surface area (Å²) in [6.07, 6.45) is 30.2. The number of anilines is 1. The van der Waals surface area contributed by atoms with Crippen molar-refractivity contribution in [1.29, 1.82) is 0 Å². The van der Waals surface area contributed by atoms with Crippen molar-refractivity contribution in [2.24, 2.45) is 29.6 Å². The first-order valence-corrected chi connectivity index (χ1v) is 16.6. The molecule has 210 valence electrons. The fourth-order valence-electron chi connectivity index (χ4n) is 10.3. The molecule has 0 saturated heterocycles. The molecule has 0 N–H and O–H groups in total. The lowest BCUT2D eigenvalue weighted by molar-refractivity contribution is 0.173. The standard InChI is InChI=1S/C41H41N/c1-3-15-30-27(11-1)13-9-20-32(30)34-25-23-29-24-26-39-41(40(29)35-18-6-5-17-33(34)35)36-19-7-8-21-38(36)42(39)37-22-10-14-28-12-2-4-16-31(28)37/h1,3-4,6-11,13-16,18-22,24,26,29,31,33-35,37,39-41H,2,5,12,17,23,25H2/t29?,31?,33?,34-,35?,37?,39?,40?,41?/m1/s1. The topological polar surface area (TPSA) is 3.24 Å². The minimum absolute atomic E-state index is 0.394. The van der Waals surface area contributed by atoms with Gasteiger partial charge in [0, 0.05) is 17.5 Å². The smallest absolute Gasteiger partial charge is 0.0582 e. The quantitative estimate of drug-likeness (QED) is 0.289. The fourth-order valence-corrected chi connectivity index (χ4v) is 10.3. The van der Waals surface area contributed by atoms with Gasteiger partial charge in [0.2, 0.25) is 0 Å². The Balaban J connectivity index is 1.15. The second-order valence-electron chi connectivity index (χ2n) is 13.7. The van der Waals surface area contributed by atoms with E-state index in [2.05, 4.69) is 126 Å². The van der Waals surface area contributed by atoms with Crippen molar-refractivity contribution in [2.45, 2.75) is 62.4 Å². The predicted molar refractivity (Wildman–Crippen MR) is 176 cm³/mol. The zero-order valence-electron chi connectivity index (χ0n) is 24.4. The van der Waals surface area contributed by atoms with Crippen LogP contribution in [0.1, 0.15) is 61.5 Å². The first-order chi connectivity index (χ1) is 20.9. The van der Waals surface area contributed by atoms with E-state index in [-0.39, 0.29) is 0 Å². The highest BCUT2D eigenvalue weighted by Crippen LogP contribution is 2.60. The van der Waals surface area contributed by atoms with Crippen LogP contribution in [0.4, 0.5) is 5.69 Å². The molecule has 6 aliphatic rings. The maximum absolute atomic E-state index is 2.84. The molecule has 1 heteroatoms. The van der Waals surface area contributed by atoms with Crippen LogP contribution in [0.3, 0.4) is 0 Å². The summed E-state index contributed by atoms with van der Waals surface area (Å²) in [6, 6.07) is 26.5. The van der Waals surface area contributed by atoms with E-state index in [1.807, 2.05) is 0 Å². The molecule has 42 heavy (non-hydrogen) atoms. The SMILES string of the molecule is C1=CC(N2c3ccccc3C3C4C(C=CC32)CC[C@H](c2cccc3ccccc23)C2CCC=CC42)C2C=CCCC2=C1. The summed E-state index contributed by atoms with van der Waals surface area (Å²) in [6.45, 7) is 0. The van der Waals surface area contributed by atoms with Gasteiger partial charge in [-0.15, -0.1) is 0 Å². The molecule has 8 unspecified atom stereocenters. The number of fused-ring (bicyclic) bond motifs is 9. The zero-order valence-corrected chi connectivity index (χ0v) is 24.4. The van der Waals surface area contributed by atoms with Gasteiger partial charge in [-0.25, -0.2) is 0 Å². The van der Waals surface area contributed by atoms with Gasteiger partial charge < -0.3 is 4.90 Å². The van der Waals surface area contributed by atoms with E-state index in [9.17, 15) is 0 Å². The summed E-state index contributed by atoms with van der Waals surface area (Å²) in [7, 11) is 0. The molecular weight excluding hydrogens is 506 g/mol. The lowest BCUT2D eigenvalue weighted by atomic mass is 9.61. The molecule has 1 fully saturated rings. The van der Waals surface area contributed by atoms with Crippen LogP contribution in [-0.2, 0) is 0 Å². The minimum Gasteiger partial charge on any atom is -0.357 e. The van der Waals surface area contributed by atoms with Gasteiger partial charge in [-0.2, -0.15) is 0 Å². The fraction of sp³-hybridized carbons (Fsp3) is 0.366. The molecule has 1 nitrogen and oxygen atoms in total. The average molecular weight is 548 g/mol. The van der Waals surface area contributed by atoms with Crippen LogP contribution in [0, 0.1) is 29.6 Å². The third-order valence-electron chi connectivity index (χ3n) is 11.9. The number of allylic oxidation sites excluding steroid dienone is 6. The first kappa shape index (κ1) is 25.0. The van der Waals surface area contributed by atoms with E-state index < -0.39 is 0 Å². The lowest BCUT2D eigenvalue weighted by Crippen LogP contribution is -2.49. The van der Waals surface area contributed by atoms with Gasteiger partial charge in [-0.05, 0) is 96.1 Å². The van der Waals surface area contributed by atoms with Crippen molar-refractivity contribution in [3.8, 4) is 0 Å². The Morgan fingerprint density at radius 2 is 1.52 bits per heavy atom. The monoisotopic (exact) mass is 547 g/mol. The highest BCUT2D eigenvalue weighted by molar-refractivity contribution is 5.86. The second kappa shape index (κ2) is 10.0. The Bertz CT molecular complexity index is 1660. The van der Waals surface area contributed by atoms with Crippen molar-refractivity contribution in [1.82, 2.24) is 0 Å². The summed E-state index contributed by atoms with van der Waals surface area (Å²) in [5.41, 5.74) is 6.30. The molecule has 3 aromatic rings. The highest BCUT2D eigenvalue weighted by atomic mass is 15.2. The molecule has 1 heterocycles. The first-order valence-electron chi connectivity index (χ1n) is 16.6. The Labute approximate surface area is 251 Å². The van der Waals surface area contributed by atoms with Crippen molar-refractivity contribution in [3.63, 3.8) is 0 Å². The summed E-state index contributed by atoms with van der Waals surface area (Å²) in [5, 5.41) is 2.87. The normalized spacial score (nSPS) is 36.0. The average Bonchev–Trinajstić information content (AvgIpc) is 3.29. The maximum Gasteiger partial charge on any atom is 0.0582 e. The number of rotatable bonds is 2. The minimum atomic E-state index is 0.394. The Morgan fingerprint density at radius 3 is 2.52 bits per heavy atom. The molecule has 0 aromatic heterocycles. The van der Waals surface area contributed by atoms with Gasteiger partial charge in [0.25, 0.3) is 0 Å². The van der Waals surface area contributed by atoms with Gasteiger partial charge >= 0.3 is 0 Å². The molecule has 3 aromatic carbocycles. The molecule has 1 aliphatic heterocycles. The van der Waals surface area contributed by atoms with Crippen molar-refractivity contribution in [3.05, 3.63) is 138 Å². The molecule has 9 rings (SSSR count). The Kier molecular flexibility index (Phi) is 5.95. The number of hydrogen-bond donors (Lipinski definition) is 0. The van der Waals surface area contributed by atoms with Crippen LogP contribution in [-0.4, -0.2) is 12.1 Å². The van der Waals surface area contributed by atoms with E-state index in [0.717, 1.165) is 0 Å². The van der Waals surface area contributed by atoms with E-state index in [0.29, 0.717) is 53.5 Å². The zero-order chi connectivity index (χ0) is 27.6. The number of nitrogens with zero attached hydrogens (tertiary/aromatic N) is 1. The molecule has 0 amide bonds. The molecule has 5 aliphatic carbocycles. The van der Waals surface area contributed by atoms with Crippen molar-refractivity contribution in [2.75, 3.05) is 4.90 Å². The van der Waals surface area contributed by atoms with Gasteiger partial charge in [-0.3, -0.25) is 0 Å². The van der Waals surface area contributed by atoms with Crippen LogP contribution in [0.2, 0.25) is 0 Å². The molecule has 0 bridgehead atoms. The molecular formula is C41H41N. The van der Waals surface area contributed by atoms with E-state index in [4.69, 9.17) is 0 Å². The van der Waals surface area contributed by atoms with Gasteiger partial charge in [0.1, 0.15) is 0 Å². The summed E-state index contributed by atoms with van der Waals surface area (Å²) < 4.78 is 0. The molecule has 1 saturated carbocycles. The number of hydrogen-bond acceptors (Lipinski definition) is 1. The highest BCUT2D eigenvalue weighted by Gasteiger charge is 2.53. The lowest BCUT2D eigenvalue weighted by Gasteiger charge is -2.47.